The number of para-hydroxylation sites is 1. The Kier molecular flexibility index (Phi) is 11.7. The van der Waals surface area contributed by atoms with Gasteiger partial charge in [0.15, 0.2) is 5.78 Å². The summed E-state index contributed by atoms with van der Waals surface area (Å²) in [7, 11) is 0. The van der Waals surface area contributed by atoms with Crippen LogP contribution in [0.3, 0.4) is 0 Å². The number of aryl methyl sites for hydroxylation is 2. The largest absolute Gasteiger partial charge is 0.512 e. The van der Waals surface area contributed by atoms with Gasteiger partial charge in [-0.25, -0.2) is 0 Å². The Bertz CT molecular complexity index is 1330. The van der Waals surface area contributed by atoms with E-state index in [4.69, 9.17) is 0 Å². The van der Waals surface area contributed by atoms with Gasteiger partial charge in [-0.05, 0) is 43.2 Å². The minimum Gasteiger partial charge on any atom is -0.512 e. The van der Waals surface area contributed by atoms with E-state index in [1.54, 1.807) is 0 Å². The Morgan fingerprint density at radius 3 is 2.24 bits per heavy atom. The Morgan fingerprint density at radius 2 is 1.62 bits per heavy atom. The summed E-state index contributed by atoms with van der Waals surface area (Å²) in [6.07, 6.45) is 6.83. The second-order valence-electron chi connectivity index (χ2n) is 9.49. The minimum atomic E-state index is 0. The van der Waals surface area contributed by atoms with Crippen LogP contribution in [0.25, 0.3) is 27.8 Å². The van der Waals surface area contributed by atoms with Gasteiger partial charge in [-0.15, -0.1) is 34.9 Å². The van der Waals surface area contributed by atoms with Crippen molar-refractivity contribution in [3.05, 3.63) is 83.8 Å². The van der Waals surface area contributed by atoms with Crippen LogP contribution in [0.1, 0.15) is 64.5 Å². The summed E-state index contributed by atoms with van der Waals surface area (Å²) in [5.41, 5.74) is 5.70. The number of aliphatic hydroxyl groups is 1. The molecule has 1 N–H and O–H groups in total. The molecule has 4 rings (SSSR count). The molecule has 4 nitrogen and oxygen atoms in total. The van der Waals surface area contributed by atoms with Gasteiger partial charge in [-0.2, -0.15) is 0 Å². The number of pyridine rings is 1. The fraction of sp³-hybridized carbons (Fsp3) is 0.375. The quantitative estimate of drug-likeness (QED) is 0.116. The van der Waals surface area contributed by atoms with E-state index in [1.807, 2.05) is 33.9 Å². The molecule has 0 amide bonds. The first-order valence-corrected chi connectivity index (χ1v) is 13.1. The summed E-state index contributed by atoms with van der Waals surface area (Å²) in [6.45, 7) is 12.3. The van der Waals surface area contributed by atoms with E-state index in [-0.39, 0.29) is 43.5 Å². The molecule has 2 aromatic carbocycles. The number of fused-ring (bicyclic) bond motifs is 3. The molecule has 0 atom stereocenters. The molecule has 4 aromatic rings. The molecule has 2 heterocycles. The van der Waals surface area contributed by atoms with Crippen LogP contribution >= 0.6 is 0 Å². The number of carbonyl (C=O) groups excluding carboxylic acids is 1. The molecule has 0 fully saturated rings. The average molecular weight is 676 g/mol. The molecule has 37 heavy (non-hydrogen) atoms. The molecule has 1 radical (unpaired) electrons. The first kappa shape index (κ1) is 30.5. The van der Waals surface area contributed by atoms with Crippen LogP contribution in [0, 0.1) is 31.7 Å². The first-order valence-electron chi connectivity index (χ1n) is 13.1. The number of imidazole rings is 1. The number of hydrogen-bond donors (Lipinski definition) is 1. The molecule has 5 heteroatoms. The zero-order valence-corrected chi connectivity index (χ0v) is 25.2. The molecule has 0 saturated heterocycles. The summed E-state index contributed by atoms with van der Waals surface area (Å²) in [4.78, 5) is 16.3. The normalized spacial score (nSPS) is 11.5. The number of aliphatic hydroxyl groups excluding tert-OH is 1. The summed E-state index contributed by atoms with van der Waals surface area (Å²) in [6, 6.07) is 20.3. The monoisotopic (exact) mass is 676 g/mol. The fourth-order valence-electron chi connectivity index (χ4n) is 4.73. The first-order chi connectivity index (χ1) is 17.3. The van der Waals surface area contributed by atoms with Crippen molar-refractivity contribution < 1.29 is 30.0 Å². The third-order valence-electron chi connectivity index (χ3n) is 6.87. The van der Waals surface area contributed by atoms with Gasteiger partial charge in [0.25, 0.3) is 0 Å². The molecule has 0 bridgehead atoms. The molecule has 0 aliphatic carbocycles. The molecule has 0 spiro atoms. The predicted octanol–water partition coefficient (Wildman–Crippen LogP) is 8.44. The van der Waals surface area contributed by atoms with E-state index < -0.39 is 0 Å². The van der Waals surface area contributed by atoms with Crippen LogP contribution in [0.15, 0.2) is 66.6 Å². The number of benzene rings is 2. The molecule has 0 aliphatic rings. The number of hydrogen-bond acceptors (Lipinski definition) is 3. The second kappa shape index (κ2) is 14.3. The van der Waals surface area contributed by atoms with Crippen LogP contribution in [0.2, 0.25) is 0 Å². The molecular formula is C32H39IrN2O2-. The van der Waals surface area contributed by atoms with Crippen LogP contribution in [-0.4, -0.2) is 20.3 Å². The van der Waals surface area contributed by atoms with Crippen molar-refractivity contribution in [3.63, 3.8) is 0 Å². The van der Waals surface area contributed by atoms with Crippen molar-refractivity contribution in [1.82, 2.24) is 9.38 Å². The molecule has 0 aliphatic heterocycles. The number of aromatic nitrogens is 2. The minimum absolute atomic E-state index is 0. The average Bonchev–Trinajstić information content (AvgIpc) is 3.30. The zero-order valence-electron chi connectivity index (χ0n) is 22.8. The number of rotatable bonds is 8. The van der Waals surface area contributed by atoms with Crippen LogP contribution in [-0.2, 0) is 24.9 Å². The summed E-state index contributed by atoms with van der Waals surface area (Å²) in [5.74, 6) is 1.50. The van der Waals surface area contributed by atoms with Crippen molar-refractivity contribution in [2.45, 2.75) is 67.2 Å². The van der Waals surface area contributed by atoms with Crippen molar-refractivity contribution in [2.24, 2.45) is 11.8 Å². The topological polar surface area (TPSA) is 54.6 Å². The molecule has 2 aromatic heterocycles. The Labute approximate surface area is 235 Å². The van der Waals surface area contributed by atoms with E-state index in [2.05, 4.69) is 77.8 Å². The number of allylic oxidation sites excluding steroid dienone is 2. The number of carbonyl (C=O) groups is 1. The van der Waals surface area contributed by atoms with Gasteiger partial charge in [0.05, 0.1) is 17.1 Å². The standard InChI is InChI=1S/C19H15N2.C13H24O2.Ir/c1-13-9-14(2)11-16(10-13)19-20-12-17-8-7-15-5-3-4-6-18(15)21(17)19;1-5-10(6-2)12(14)9-13(15)11(7-3)8-4;/h3-10,12H,1-2H3;9-11,14H,5-8H2,1-4H3;/q-1;;/b;12-9-;. The zero-order chi connectivity index (χ0) is 26.2. The predicted molar refractivity (Wildman–Crippen MR) is 150 cm³/mol. The smallest absolute Gasteiger partial charge is 0.162 e. The van der Waals surface area contributed by atoms with Crippen LogP contribution in [0.5, 0.6) is 0 Å². The summed E-state index contributed by atoms with van der Waals surface area (Å²) < 4.78 is 2.21. The van der Waals surface area contributed by atoms with E-state index in [0.717, 1.165) is 48.2 Å². The van der Waals surface area contributed by atoms with Gasteiger partial charge in [-0.3, -0.25) is 9.78 Å². The van der Waals surface area contributed by atoms with E-state index in [9.17, 15) is 9.90 Å². The van der Waals surface area contributed by atoms with E-state index >= 15 is 0 Å². The van der Waals surface area contributed by atoms with E-state index in [0.29, 0.717) is 0 Å². The molecule has 0 saturated carbocycles. The molecule has 0 unspecified atom stereocenters. The maximum absolute atomic E-state index is 11.7. The number of nitrogens with zero attached hydrogens (tertiary/aromatic N) is 2. The van der Waals surface area contributed by atoms with Crippen molar-refractivity contribution >= 4 is 22.2 Å². The summed E-state index contributed by atoms with van der Waals surface area (Å²) >= 11 is 0. The van der Waals surface area contributed by atoms with Crippen molar-refractivity contribution in [3.8, 4) is 11.4 Å². The van der Waals surface area contributed by atoms with Crippen molar-refractivity contribution in [2.75, 3.05) is 0 Å². The van der Waals surface area contributed by atoms with Gasteiger partial charge in [0.1, 0.15) is 0 Å². The van der Waals surface area contributed by atoms with Crippen LogP contribution < -0.4 is 0 Å². The Balaban J connectivity index is 0.000000271. The van der Waals surface area contributed by atoms with Crippen molar-refractivity contribution in [1.29, 1.82) is 0 Å². The van der Waals surface area contributed by atoms with Gasteiger partial charge in [0, 0.05) is 49.7 Å². The fourth-order valence-corrected chi connectivity index (χ4v) is 4.73. The second-order valence-corrected chi connectivity index (χ2v) is 9.49. The summed E-state index contributed by atoms with van der Waals surface area (Å²) in [5, 5.41) is 11.0. The van der Waals surface area contributed by atoms with Gasteiger partial charge in [-0.1, -0.05) is 65.8 Å². The maximum Gasteiger partial charge on any atom is 0.162 e. The Hall–Kier alpha value is -2.75. The van der Waals surface area contributed by atoms with Gasteiger partial charge < -0.3 is 9.51 Å². The van der Waals surface area contributed by atoms with Gasteiger partial charge >= 0.3 is 0 Å². The van der Waals surface area contributed by atoms with Gasteiger partial charge in [0.2, 0.25) is 0 Å². The third kappa shape index (κ3) is 7.40. The molecule has 199 valence electrons. The molecular weight excluding hydrogens is 637 g/mol. The van der Waals surface area contributed by atoms with Crippen LogP contribution in [0.4, 0.5) is 0 Å². The SMILES string of the molecule is CCC(CC)C(=O)/C=C(\O)C(CC)CC.Cc1[c-]c(-c2ncc3ccc4ccccc4n23)cc(C)c1.[Ir]. The maximum atomic E-state index is 11.7. The van der Waals surface area contributed by atoms with E-state index in [1.165, 1.54) is 22.5 Å². The Morgan fingerprint density at radius 1 is 0.973 bits per heavy atom. The third-order valence-corrected chi connectivity index (χ3v) is 6.87. The number of ketones is 1.